The normalized spacial score (nSPS) is 24.4. The Morgan fingerprint density at radius 1 is 1.42 bits per heavy atom. The summed E-state index contributed by atoms with van der Waals surface area (Å²) in [6.45, 7) is 7.71. The predicted molar refractivity (Wildman–Crippen MR) is 76.0 cm³/mol. The van der Waals surface area contributed by atoms with Gasteiger partial charge in [0.25, 0.3) is 0 Å². The molecule has 0 spiro atoms. The Labute approximate surface area is 114 Å². The lowest BCUT2D eigenvalue weighted by Gasteiger charge is -2.38. The molecule has 0 bridgehead atoms. The van der Waals surface area contributed by atoms with Crippen LogP contribution in [0.1, 0.15) is 20.3 Å². The number of hydrogen-bond donors (Lipinski definition) is 1. The van der Waals surface area contributed by atoms with E-state index in [1.807, 2.05) is 6.07 Å². The maximum Gasteiger partial charge on any atom is 0.146 e. The van der Waals surface area contributed by atoms with Gasteiger partial charge in [0.2, 0.25) is 0 Å². The van der Waals surface area contributed by atoms with E-state index in [9.17, 15) is 4.39 Å². The van der Waals surface area contributed by atoms with Crippen LogP contribution in [-0.4, -0.2) is 43.3 Å². The average Bonchev–Trinajstić information content (AvgIpc) is 2.41. The lowest BCUT2D eigenvalue weighted by atomic mass is 10.1. The molecule has 0 aromatic heterocycles. The van der Waals surface area contributed by atoms with Gasteiger partial charge in [-0.25, -0.2) is 4.39 Å². The van der Waals surface area contributed by atoms with E-state index in [1.54, 1.807) is 12.1 Å². The van der Waals surface area contributed by atoms with Crippen molar-refractivity contribution in [1.82, 2.24) is 4.90 Å². The topological polar surface area (TPSA) is 24.5 Å². The number of hydrogen-bond acceptors (Lipinski definition) is 3. The molecule has 2 unspecified atom stereocenters. The molecule has 1 aliphatic rings. The smallest absolute Gasteiger partial charge is 0.146 e. The third-order valence-corrected chi connectivity index (χ3v) is 3.64. The van der Waals surface area contributed by atoms with Crippen molar-refractivity contribution < 1.29 is 9.13 Å². The van der Waals surface area contributed by atoms with Crippen LogP contribution in [0.2, 0.25) is 0 Å². The molecule has 1 aromatic carbocycles. The molecule has 0 aliphatic carbocycles. The van der Waals surface area contributed by atoms with E-state index >= 15 is 0 Å². The molecule has 106 valence electrons. The van der Waals surface area contributed by atoms with Crippen LogP contribution >= 0.6 is 0 Å². The number of rotatable bonds is 5. The van der Waals surface area contributed by atoms with Crippen LogP contribution in [0.4, 0.5) is 10.1 Å². The third kappa shape index (κ3) is 3.91. The van der Waals surface area contributed by atoms with Gasteiger partial charge in [0.15, 0.2) is 0 Å². The molecule has 19 heavy (non-hydrogen) atoms. The van der Waals surface area contributed by atoms with Crippen LogP contribution in [-0.2, 0) is 4.74 Å². The highest BCUT2D eigenvalue weighted by Crippen LogP contribution is 2.15. The van der Waals surface area contributed by atoms with Crippen LogP contribution in [0.15, 0.2) is 24.3 Å². The van der Waals surface area contributed by atoms with Crippen molar-refractivity contribution in [3.63, 3.8) is 0 Å². The van der Waals surface area contributed by atoms with Gasteiger partial charge in [-0.2, -0.15) is 0 Å². The molecule has 4 heteroatoms. The van der Waals surface area contributed by atoms with E-state index in [4.69, 9.17) is 4.74 Å². The van der Waals surface area contributed by atoms with Gasteiger partial charge in [-0.1, -0.05) is 19.1 Å². The lowest BCUT2D eigenvalue weighted by molar-refractivity contribution is -0.0541. The number of benzene rings is 1. The zero-order chi connectivity index (χ0) is 13.7. The Hall–Kier alpha value is -1.13. The quantitative estimate of drug-likeness (QED) is 0.887. The van der Waals surface area contributed by atoms with Crippen LogP contribution in [0.25, 0.3) is 0 Å². The molecule has 1 fully saturated rings. The number of nitrogens with one attached hydrogen (secondary N) is 1. The first-order chi connectivity index (χ1) is 9.20. The van der Waals surface area contributed by atoms with Crippen LogP contribution in [0.3, 0.4) is 0 Å². The van der Waals surface area contributed by atoms with Crippen LogP contribution in [0, 0.1) is 5.82 Å². The van der Waals surface area contributed by atoms with Gasteiger partial charge in [0.05, 0.1) is 18.4 Å². The molecular formula is C15H23FN2O. The fourth-order valence-electron chi connectivity index (χ4n) is 2.50. The van der Waals surface area contributed by atoms with Gasteiger partial charge in [-0.3, -0.25) is 4.90 Å². The molecule has 1 heterocycles. The van der Waals surface area contributed by atoms with Gasteiger partial charge in [-0.05, 0) is 25.5 Å². The first-order valence-electron chi connectivity index (χ1n) is 7.04. The fourth-order valence-corrected chi connectivity index (χ4v) is 2.50. The van der Waals surface area contributed by atoms with E-state index in [0.717, 1.165) is 32.7 Å². The summed E-state index contributed by atoms with van der Waals surface area (Å²) in [6, 6.07) is 7.29. The Balaban J connectivity index is 1.82. The van der Waals surface area contributed by atoms with Crippen molar-refractivity contribution in [1.29, 1.82) is 0 Å². The summed E-state index contributed by atoms with van der Waals surface area (Å²) < 4.78 is 19.1. The second-order valence-electron chi connectivity index (χ2n) is 5.11. The largest absolute Gasteiger partial charge is 0.381 e. The standard InChI is InChI=1S/C15H23FN2O/c1-3-13-11-19-12(2)10-18(13)9-8-17-15-7-5-4-6-14(15)16/h4-7,12-13,17H,3,8-11H2,1-2H3. The highest BCUT2D eigenvalue weighted by Gasteiger charge is 2.24. The van der Waals surface area contributed by atoms with Crippen molar-refractivity contribution >= 4 is 5.69 Å². The second-order valence-corrected chi connectivity index (χ2v) is 5.11. The minimum atomic E-state index is -0.190. The van der Waals surface area contributed by atoms with E-state index in [0.29, 0.717) is 11.7 Å². The highest BCUT2D eigenvalue weighted by molar-refractivity contribution is 5.44. The van der Waals surface area contributed by atoms with Crippen molar-refractivity contribution in [3.05, 3.63) is 30.1 Å². The summed E-state index contributed by atoms with van der Waals surface area (Å²) in [6.07, 6.45) is 1.38. The molecule has 2 atom stereocenters. The Morgan fingerprint density at radius 3 is 2.95 bits per heavy atom. The van der Waals surface area contributed by atoms with Gasteiger partial charge >= 0.3 is 0 Å². The summed E-state index contributed by atoms with van der Waals surface area (Å²) in [4.78, 5) is 2.43. The first kappa shape index (κ1) is 14.3. The lowest BCUT2D eigenvalue weighted by Crippen LogP contribution is -2.49. The van der Waals surface area contributed by atoms with E-state index in [2.05, 4.69) is 24.1 Å². The SMILES string of the molecule is CCC1COC(C)CN1CCNc1ccccc1F. The Kier molecular flexibility index (Phi) is 5.16. The van der Waals surface area contributed by atoms with Gasteiger partial charge in [-0.15, -0.1) is 0 Å². The fraction of sp³-hybridized carbons (Fsp3) is 0.600. The third-order valence-electron chi connectivity index (χ3n) is 3.64. The summed E-state index contributed by atoms with van der Waals surface area (Å²) in [5.74, 6) is -0.190. The number of para-hydroxylation sites is 1. The Bertz CT molecular complexity index is 399. The highest BCUT2D eigenvalue weighted by atomic mass is 19.1. The van der Waals surface area contributed by atoms with Crippen molar-refractivity contribution in [3.8, 4) is 0 Å². The minimum absolute atomic E-state index is 0.190. The number of ether oxygens (including phenoxy) is 1. The van der Waals surface area contributed by atoms with Crippen molar-refractivity contribution in [2.24, 2.45) is 0 Å². The number of nitrogens with zero attached hydrogens (tertiary/aromatic N) is 1. The molecule has 1 aromatic rings. The molecule has 1 saturated heterocycles. The first-order valence-corrected chi connectivity index (χ1v) is 7.04. The maximum atomic E-state index is 13.5. The van der Waals surface area contributed by atoms with E-state index in [1.165, 1.54) is 6.07 Å². The van der Waals surface area contributed by atoms with Crippen LogP contribution < -0.4 is 5.32 Å². The predicted octanol–water partition coefficient (Wildman–Crippen LogP) is 2.74. The van der Waals surface area contributed by atoms with Gasteiger partial charge in [0.1, 0.15) is 5.82 Å². The second kappa shape index (κ2) is 6.87. The summed E-state index contributed by atoms with van der Waals surface area (Å²) in [5, 5.41) is 3.16. The molecule has 0 saturated carbocycles. The molecule has 3 nitrogen and oxygen atoms in total. The van der Waals surface area contributed by atoms with Gasteiger partial charge in [0, 0.05) is 25.7 Å². The molecule has 2 rings (SSSR count). The summed E-state index contributed by atoms with van der Waals surface area (Å²) in [7, 11) is 0. The molecule has 1 aliphatic heterocycles. The van der Waals surface area contributed by atoms with E-state index < -0.39 is 0 Å². The minimum Gasteiger partial charge on any atom is -0.381 e. The number of morpholine rings is 1. The zero-order valence-electron chi connectivity index (χ0n) is 11.7. The van der Waals surface area contributed by atoms with Crippen LogP contribution in [0.5, 0.6) is 0 Å². The summed E-state index contributed by atoms with van der Waals surface area (Å²) >= 11 is 0. The zero-order valence-corrected chi connectivity index (χ0v) is 11.7. The average molecular weight is 266 g/mol. The molecule has 0 radical (unpaired) electrons. The van der Waals surface area contributed by atoms with Gasteiger partial charge < -0.3 is 10.1 Å². The molecule has 0 amide bonds. The Morgan fingerprint density at radius 2 is 2.21 bits per heavy atom. The van der Waals surface area contributed by atoms with Crippen molar-refractivity contribution in [2.75, 3.05) is 31.6 Å². The van der Waals surface area contributed by atoms with Crippen molar-refractivity contribution in [2.45, 2.75) is 32.4 Å². The monoisotopic (exact) mass is 266 g/mol. The molecule has 1 N–H and O–H groups in total. The van der Waals surface area contributed by atoms with E-state index in [-0.39, 0.29) is 11.9 Å². The molecular weight excluding hydrogens is 243 g/mol. The maximum absolute atomic E-state index is 13.5. The number of anilines is 1. The number of halogens is 1. The summed E-state index contributed by atoms with van der Waals surface area (Å²) in [5.41, 5.74) is 0.580.